The minimum absolute atomic E-state index is 0.0630. The van der Waals surface area contributed by atoms with Gasteiger partial charge in [-0.05, 0) is 299 Å². The van der Waals surface area contributed by atoms with Gasteiger partial charge in [-0.15, -0.1) is 0 Å². The molecular weight excluding hydrogens is 1820 g/mol. The van der Waals surface area contributed by atoms with Crippen molar-refractivity contribution < 1.29 is 67.2 Å². The van der Waals surface area contributed by atoms with Crippen molar-refractivity contribution in [2.75, 3.05) is 13.2 Å². The van der Waals surface area contributed by atoms with Gasteiger partial charge in [-0.2, -0.15) is 16.8 Å². The first-order chi connectivity index (χ1) is 61.9. The zero-order valence-electron chi connectivity index (χ0n) is 76.1. The number of thioether (sulfide) groups is 2. The number of allylic oxidation sites excluding steroid dienone is 18. The predicted octanol–water partition coefficient (Wildman–Crippen LogP) is 36.7. The number of halogens is 11. The van der Waals surface area contributed by atoms with Crippen LogP contribution in [0, 0.1) is 52.4 Å². The quantitative estimate of drug-likeness (QED) is 0.0377. The number of aryl methyl sites for hydroxylation is 6. The van der Waals surface area contributed by atoms with E-state index in [4.69, 9.17) is 20.0 Å². The van der Waals surface area contributed by atoms with Crippen LogP contribution in [-0.2, 0) is 28.6 Å². The van der Waals surface area contributed by atoms with E-state index in [9.17, 15) is 58.8 Å². The van der Waals surface area contributed by atoms with Crippen molar-refractivity contribution in [1.82, 2.24) is 0 Å². The summed E-state index contributed by atoms with van der Waals surface area (Å²) in [5.74, 6) is 0. The molecule has 10 aromatic rings. The summed E-state index contributed by atoms with van der Waals surface area (Å²) in [6, 6.07) is 80.1. The molecule has 10 aromatic carbocycles. The van der Waals surface area contributed by atoms with Gasteiger partial charge in [-0.1, -0.05) is 342 Å². The van der Waals surface area contributed by atoms with E-state index in [1.807, 2.05) is 53.3 Å². The standard InChI is InChI=1S/C57H59ClO6S3.C52H50S.2F5P/c1-39-12-18-43(19-13-39)49-32-41(33-50(36-49)44-20-14-40(2)15-21-44)16-22-47-10-9-11-48(55(47)58)23-17-42-34-53(45-24-28-51(29-25-45)66(59,60)63-37-56(3,4)5)65-54(35-42)46-26-30-52(31-27-46)67(61,62)64-38-57(6,7)8;1-6-8-50-44(29-19-40-31-48(42-21-11-36(2)12-22-42)35-49(32-40)43-23-13-37(3)14-24-43)9-7-10-45(50)30-20-41-33-51(46-25-15-38(4)16-26-46)53-52(34-41)47-27-17-39(5)18-28-47;2*1-6(2,3,4)5/h12-36H,9-11,37-38H2,1-8H3;11-35H,6-10H2,1-5H3;;/b22-16+,48-23+;29-19+,45-30?;;. The monoisotopic (exact) mass is 1930 g/mol. The molecule has 14 rings (SSSR count). The first-order valence-corrected chi connectivity index (χ1v) is 51.6. The molecule has 0 unspecified atom stereocenters. The summed E-state index contributed by atoms with van der Waals surface area (Å²) in [7, 11) is -25.0. The van der Waals surface area contributed by atoms with Crippen molar-refractivity contribution in [1.29, 1.82) is 0 Å². The number of benzene rings is 10. The minimum atomic E-state index is -8.55. The maximum atomic E-state index is 13.1. The van der Waals surface area contributed by atoms with Crippen LogP contribution < -0.4 is 0 Å². The number of hydrogen-bond acceptors (Lipinski definition) is 8. The second-order valence-corrected chi connectivity index (χ2v) is 44.0. The molecule has 0 aromatic heterocycles. The molecule has 692 valence electrons. The Morgan fingerprint density at radius 1 is 0.341 bits per heavy atom. The van der Waals surface area contributed by atoms with Crippen molar-refractivity contribution >= 4 is 103 Å². The van der Waals surface area contributed by atoms with Gasteiger partial charge in [0.15, 0.2) is 0 Å². The molecule has 2 heterocycles. The summed E-state index contributed by atoms with van der Waals surface area (Å²) in [6.45, 7) is 26.8. The molecule has 23 heteroatoms. The zero-order chi connectivity index (χ0) is 95.8. The van der Waals surface area contributed by atoms with E-state index in [1.54, 1.807) is 48.5 Å². The van der Waals surface area contributed by atoms with Crippen LogP contribution in [0.3, 0.4) is 0 Å². The van der Waals surface area contributed by atoms with Gasteiger partial charge < -0.3 is 0 Å². The second kappa shape index (κ2) is 43.6. The molecule has 0 bridgehead atoms. The van der Waals surface area contributed by atoms with E-state index < -0.39 is 36.6 Å². The molecule has 0 spiro atoms. The summed E-state index contributed by atoms with van der Waals surface area (Å²) in [5, 5.41) is 0.738. The van der Waals surface area contributed by atoms with Gasteiger partial charge in [0.1, 0.15) is 0 Å². The molecule has 0 saturated heterocycles. The molecule has 0 saturated carbocycles. The summed E-state index contributed by atoms with van der Waals surface area (Å²) in [6.07, 6.45) is 35.1. The Balaban J connectivity index is 0.000000231. The Bertz CT molecular complexity index is 6130. The van der Waals surface area contributed by atoms with Crippen LogP contribution in [0.25, 0.3) is 76.3 Å². The van der Waals surface area contributed by atoms with Gasteiger partial charge >= 0.3 is 58.3 Å². The Labute approximate surface area is 786 Å². The van der Waals surface area contributed by atoms with E-state index in [2.05, 4.69) is 303 Å². The SMILES string of the molecule is CCCC1=C(/C=C/c2cc(-c3ccc(C)cc3)cc(-c3ccc(C)cc3)c2)CCCC1=CC=C1C=C(c2ccc(C)cc2)SC(c2ccc(C)cc2)=C1.Cc1ccc(-c2cc(/C=C/C3=C(Cl)C(=C/C=C4C=C(c5ccc(S(=O)(=O)OCC(C)(C)C)cc5)SC(c5ccc(S(=O)(=O)OCC(C)(C)C)cc5)=C4)/CCC3)cc(-c3ccc(C)cc3)c2)cc1.FP(F)(F)(F)F.FP(F)(F)(F)F. The fourth-order valence-corrected chi connectivity index (χ4v) is 19.3. The molecule has 6 nitrogen and oxygen atoms in total. The average Bonchev–Trinajstić information content (AvgIpc) is 0.802. The topological polar surface area (TPSA) is 86.7 Å². The second-order valence-electron chi connectivity index (χ2n) is 35.7. The van der Waals surface area contributed by atoms with Crippen LogP contribution in [-0.4, -0.2) is 30.0 Å². The first-order valence-electron chi connectivity index (χ1n) is 43.4. The normalized spacial score (nSPS) is 16.0. The van der Waals surface area contributed by atoms with Gasteiger partial charge in [0, 0.05) is 24.7 Å². The average molecular weight is 1930 g/mol. The van der Waals surface area contributed by atoms with Gasteiger partial charge in [-0.25, -0.2) is 0 Å². The number of hydrogen-bond donors (Lipinski definition) is 0. The third kappa shape index (κ3) is 33.0. The third-order valence-corrected chi connectivity index (χ3v) is 26.8. The van der Waals surface area contributed by atoms with E-state index >= 15 is 0 Å². The van der Waals surface area contributed by atoms with Crippen LogP contribution in [0.15, 0.2) is 345 Å². The molecule has 0 N–H and O–H groups in total. The van der Waals surface area contributed by atoms with Gasteiger partial charge in [0.25, 0.3) is 20.2 Å². The van der Waals surface area contributed by atoms with Crippen molar-refractivity contribution in [2.45, 2.75) is 151 Å². The molecule has 4 aliphatic rings. The van der Waals surface area contributed by atoms with Gasteiger partial charge in [-0.3, -0.25) is 8.37 Å². The van der Waals surface area contributed by atoms with Crippen LogP contribution in [0.5, 0.6) is 0 Å². The maximum absolute atomic E-state index is 13.1. The van der Waals surface area contributed by atoms with Crippen LogP contribution in [0.4, 0.5) is 42.0 Å². The van der Waals surface area contributed by atoms with Crippen molar-refractivity contribution in [3.05, 3.63) is 402 Å². The first kappa shape index (κ1) is 103. The third-order valence-electron chi connectivity index (χ3n) is 21.4. The molecule has 2 aliphatic carbocycles. The Morgan fingerprint density at radius 3 is 0.886 bits per heavy atom. The van der Waals surface area contributed by atoms with Crippen LogP contribution in [0.1, 0.15) is 167 Å². The predicted molar refractivity (Wildman–Crippen MR) is 539 cm³/mol. The molecule has 132 heavy (non-hydrogen) atoms. The summed E-state index contributed by atoms with van der Waals surface area (Å²) in [5.41, 5.74) is 31.8. The van der Waals surface area contributed by atoms with Crippen molar-refractivity contribution in [3.8, 4) is 44.5 Å². The van der Waals surface area contributed by atoms with E-state index in [0.717, 1.165) is 115 Å². The molecule has 0 fully saturated rings. The molecule has 0 radical (unpaired) electrons. The fraction of sp³-hybridized carbons (Fsp3) is 0.229. The molecule has 0 atom stereocenters. The van der Waals surface area contributed by atoms with Crippen molar-refractivity contribution in [2.24, 2.45) is 10.8 Å². The van der Waals surface area contributed by atoms with E-state index in [-0.39, 0.29) is 33.8 Å². The summed E-state index contributed by atoms with van der Waals surface area (Å²) >= 11 is 10.6. The van der Waals surface area contributed by atoms with E-state index in [1.165, 1.54) is 123 Å². The summed E-state index contributed by atoms with van der Waals surface area (Å²) < 4.78 is 161. The fourth-order valence-electron chi connectivity index (χ4n) is 14.5. The van der Waals surface area contributed by atoms with Crippen LogP contribution in [0.2, 0.25) is 0 Å². The Hall–Kier alpha value is -9.95. The molecular formula is C109H109ClF10O6P2S4. The summed E-state index contributed by atoms with van der Waals surface area (Å²) in [4.78, 5) is 4.53. The van der Waals surface area contributed by atoms with Crippen molar-refractivity contribution in [3.63, 3.8) is 0 Å². The Morgan fingerprint density at radius 2 is 0.598 bits per heavy atom. The molecule has 2 aliphatic heterocycles. The van der Waals surface area contributed by atoms with Crippen LogP contribution >= 0.6 is 51.4 Å². The van der Waals surface area contributed by atoms with Gasteiger partial charge in [0.05, 0.1) is 23.0 Å². The van der Waals surface area contributed by atoms with Gasteiger partial charge in [0.2, 0.25) is 0 Å². The Kier molecular flexibility index (Phi) is 33.9. The van der Waals surface area contributed by atoms with E-state index in [0.29, 0.717) is 0 Å². The molecule has 0 amide bonds. The zero-order valence-corrected chi connectivity index (χ0v) is 81.9. The number of rotatable bonds is 22.